The van der Waals surface area contributed by atoms with Gasteiger partial charge in [-0.15, -0.1) is 0 Å². The quantitative estimate of drug-likeness (QED) is 0.547. The van der Waals surface area contributed by atoms with Gasteiger partial charge in [-0.2, -0.15) is 5.26 Å². The molecule has 2 bridgehead atoms. The van der Waals surface area contributed by atoms with Crippen LogP contribution in [0, 0.1) is 34.5 Å². The van der Waals surface area contributed by atoms with Gasteiger partial charge in [0.2, 0.25) is 0 Å². The third-order valence-electron chi connectivity index (χ3n) is 6.92. The topological polar surface area (TPSA) is 114 Å². The molecule has 2 saturated carbocycles. The van der Waals surface area contributed by atoms with E-state index in [1.807, 2.05) is 6.92 Å². The molecule has 3 aliphatic rings. The fourth-order valence-electron chi connectivity index (χ4n) is 6.07. The molecule has 1 spiro atoms. The summed E-state index contributed by atoms with van der Waals surface area (Å²) in [5.41, 5.74) is -5.54. The molecule has 23 heavy (non-hydrogen) atoms. The van der Waals surface area contributed by atoms with Gasteiger partial charge in [0.05, 0.1) is 35.9 Å². The second kappa shape index (κ2) is 4.68. The molecule has 4 N–H and O–H groups in total. The van der Waals surface area contributed by atoms with Gasteiger partial charge < -0.3 is 25.2 Å². The minimum Gasteiger partial charge on any atom is -0.393 e. The van der Waals surface area contributed by atoms with Crippen LogP contribution in [0.15, 0.2) is 0 Å². The van der Waals surface area contributed by atoms with Crippen molar-refractivity contribution in [2.45, 2.75) is 69.5 Å². The summed E-state index contributed by atoms with van der Waals surface area (Å²) in [6.07, 6.45) is -1.43. The van der Waals surface area contributed by atoms with Gasteiger partial charge in [0, 0.05) is 5.92 Å². The maximum atomic E-state index is 11.2. The molecular weight excluding hydrogens is 298 g/mol. The van der Waals surface area contributed by atoms with Gasteiger partial charge in [-0.3, -0.25) is 0 Å². The lowest BCUT2D eigenvalue weighted by Gasteiger charge is -2.62. The Labute approximate surface area is 136 Å². The van der Waals surface area contributed by atoms with Crippen molar-refractivity contribution in [3.63, 3.8) is 0 Å². The molecule has 0 amide bonds. The molecule has 1 aliphatic heterocycles. The van der Waals surface area contributed by atoms with E-state index in [9.17, 15) is 25.7 Å². The molecule has 130 valence electrons. The first-order valence-corrected chi connectivity index (χ1v) is 8.34. The van der Waals surface area contributed by atoms with E-state index in [4.69, 9.17) is 4.74 Å². The largest absolute Gasteiger partial charge is 0.393 e. The Morgan fingerprint density at radius 1 is 1.13 bits per heavy atom. The summed E-state index contributed by atoms with van der Waals surface area (Å²) in [4.78, 5) is 0. The number of aliphatic hydroxyl groups excluding tert-OH is 3. The normalized spacial score (nSPS) is 61.8. The molecule has 3 rings (SSSR count). The van der Waals surface area contributed by atoms with Crippen molar-refractivity contribution < 1.29 is 25.2 Å². The van der Waals surface area contributed by atoms with Gasteiger partial charge in [-0.1, -0.05) is 13.8 Å². The van der Waals surface area contributed by atoms with Crippen LogP contribution in [0.25, 0.3) is 0 Å². The summed E-state index contributed by atoms with van der Waals surface area (Å²) in [5, 5.41) is 52.8. The molecule has 6 heteroatoms. The number of nitrogens with zero attached hydrogens (tertiary/aromatic N) is 1. The average molecular weight is 325 g/mol. The second-order valence-electron chi connectivity index (χ2n) is 8.43. The van der Waals surface area contributed by atoms with Crippen LogP contribution in [0.2, 0.25) is 0 Å². The molecule has 0 aromatic carbocycles. The molecule has 9 atom stereocenters. The fraction of sp³-hybridized carbons (Fsp3) is 0.941. The fourth-order valence-corrected chi connectivity index (χ4v) is 6.07. The Bertz CT molecular complexity index is 560. The summed E-state index contributed by atoms with van der Waals surface area (Å²) in [5.74, 6) is -0.743. The third-order valence-corrected chi connectivity index (χ3v) is 6.92. The highest BCUT2D eigenvalue weighted by molar-refractivity contribution is 5.33. The Kier molecular flexibility index (Phi) is 3.48. The molecule has 3 fully saturated rings. The highest BCUT2D eigenvalue weighted by atomic mass is 16.6. The maximum absolute atomic E-state index is 11.2. The predicted molar refractivity (Wildman–Crippen MR) is 81.0 cm³/mol. The van der Waals surface area contributed by atoms with Crippen molar-refractivity contribution in [3.8, 4) is 6.07 Å². The van der Waals surface area contributed by atoms with E-state index in [-0.39, 0.29) is 18.4 Å². The van der Waals surface area contributed by atoms with Crippen molar-refractivity contribution in [2.75, 3.05) is 6.61 Å². The Morgan fingerprint density at radius 3 is 2.22 bits per heavy atom. The van der Waals surface area contributed by atoms with Crippen molar-refractivity contribution >= 4 is 0 Å². The maximum Gasteiger partial charge on any atom is 0.144 e. The lowest BCUT2D eigenvalue weighted by molar-refractivity contribution is -0.316. The van der Waals surface area contributed by atoms with Gasteiger partial charge in [-0.25, -0.2) is 0 Å². The molecule has 0 aromatic rings. The van der Waals surface area contributed by atoms with Crippen LogP contribution in [0.5, 0.6) is 0 Å². The zero-order valence-corrected chi connectivity index (χ0v) is 14.2. The van der Waals surface area contributed by atoms with Gasteiger partial charge in [0.1, 0.15) is 11.2 Å². The molecule has 1 saturated heterocycles. The van der Waals surface area contributed by atoms with Crippen LogP contribution in [0.1, 0.15) is 40.5 Å². The number of hydrogen-bond donors (Lipinski definition) is 4. The minimum absolute atomic E-state index is 0.0457. The average Bonchev–Trinajstić information content (AvgIpc) is 2.68. The minimum atomic E-state index is -1.79. The van der Waals surface area contributed by atoms with E-state index < -0.39 is 40.3 Å². The zero-order valence-electron chi connectivity index (χ0n) is 14.2. The first kappa shape index (κ1) is 17.1. The number of hydrogen-bond acceptors (Lipinski definition) is 6. The molecule has 2 aliphatic carbocycles. The number of nitriles is 1. The Hall–Kier alpha value is -0.710. The van der Waals surface area contributed by atoms with Crippen molar-refractivity contribution in [1.29, 1.82) is 5.26 Å². The standard InChI is InChI=1S/C17H27NO5/c1-9-5-16(7-18)6-10(2)12(20)15(4,22)17(16)13(21)11(9)14(3,8-19)23-17/h9-13,19-22H,5-6,8H2,1-4H3/t9?,10?,11?,12?,13?,14-,15?,16?,17?/m0/s1. The smallest absolute Gasteiger partial charge is 0.144 e. The van der Waals surface area contributed by atoms with Crippen molar-refractivity contribution in [2.24, 2.45) is 23.2 Å². The van der Waals surface area contributed by atoms with Gasteiger partial charge in [-0.05, 0) is 38.5 Å². The Balaban J connectivity index is 2.28. The van der Waals surface area contributed by atoms with E-state index in [2.05, 4.69) is 6.07 Å². The summed E-state index contributed by atoms with van der Waals surface area (Å²) in [6.45, 7) is 6.58. The van der Waals surface area contributed by atoms with E-state index in [1.54, 1.807) is 13.8 Å². The monoisotopic (exact) mass is 325 g/mol. The van der Waals surface area contributed by atoms with Crippen LogP contribution in [0.3, 0.4) is 0 Å². The summed E-state index contributed by atoms with van der Waals surface area (Å²) in [7, 11) is 0. The molecule has 1 heterocycles. The molecule has 0 radical (unpaired) electrons. The van der Waals surface area contributed by atoms with Crippen LogP contribution in [0.4, 0.5) is 0 Å². The van der Waals surface area contributed by atoms with Crippen LogP contribution in [-0.4, -0.2) is 56.0 Å². The van der Waals surface area contributed by atoms with Gasteiger partial charge in [0.25, 0.3) is 0 Å². The second-order valence-corrected chi connectivity index (χ2v) is 8.43. The number of ether oxygens (including phenoxy) is 1. The number of fused-ring (bicyclic) bond motifs is 1. The van der Waals surface area contributed by atoms with E-state index in [1.165, 1.54) is 6.92 Å². The third kappa shape index (κ3) is 1.65. The van der Waals surface area contributed by atoms with Crippen LogP contribution >= 0.6 is 0 Å². The molecular formula is C17H27NO5. The van der Waals surface area contributed by atoms with Crippen molar-refractivity contribution in [1.82, 2.24) is 0 Å². The SMILES string of the molecule is CC1CC2(C#N)CC(C)C3C(O)C2(O[C@@]3(C)CO)C(C)(O)C1O. The first-order chi connectivity index (χ1) is 10.5. The number of aliphatic hydroxyl groups is 4. The van der Waals surface area contributed by atoms with E-state index >= 15 is 0 Å². The highest BCUT2D eigenvalue weighted by Gasteiger charge is 2.81. The van der Waals surface area contributed by atoms with E-state index in [0.717, 1.165) is 0 Å². The Morgan fingerprint density at radius 2 is 1.70 bits per heavy atom. The van der Waals surface area contributed by atoms with Gasteiger partial charge >= 0.3 is 0 Å². The lowest BCUT2D eigenvalue weighted by atomic mass is 9.45. The summed E-state index contributed by atoms with van der Waals surface area (Å²) in [6, 6.07) is 2.33. The molecule has 6 nitrogen and oxygen atoms in total. The zero-order chi connectivity index (χ0) is 17.4. The summed E-state index contributed by atoms with van der Waals surface area (Å²) >= 11 is 0. The number of rotatable bonds is 1. The van der Waals surface area contributed by atoms with Gasteiger partial charge in [0.15, 0.2) is 0 Å². The highest BCUT2D eigenvalue weighted by Crippen LogP contribution is 2.68. The van der Waals surface area contributed by atoms with Crippen LogP contribution in [-0.2, 0) is 4.74 Å². The lowest BCUT2D eigenvalue weighted by Crippen LogP contribution is -2.77. The molecule has 0 aromatic heterocycles. The van der Waals surface area contributed by atoms with Crippen molar-refractivity contribution in [3.05, 3.63) is 0 Å². The molecule has 8 unspecified atom stereocenters. The van der Waals surface area contributed by atoms with E-state index in [0.29, 0.717) is 12.8 Å². The first-order valence-electron chi connectivity index (χ1n) is 8.34. The summed E-state index contributed by atoms with van der Waals surface area (Å²) < 4.78 is 6.19. The van der Waals surface area contributed by atoms with Crippen LogP contribution < -0.4 is 0 Å². The predicted octanol–water partition coefficient (Wildman–Crippen LogP) is 0.185.